The van der Waals surface area contributed by atoms with Crippen molar-refractivity contribution >= 4 is 11.9 Å². The predicted octanol–water partition coefficient (Wildman–Crippen LogP) is 3.71. The first-order chi connectivity index (χ1) is 13.4. The van der Waals surface area contributed by atoms with Crippen LogP contribution in [0.15, 0.2) is 18.2 Å². The van der Waals surface area contributed by atoms with Crippen molar-refractivity contribution < 1.29 is 23.5 Å². The zero-order valence-electron chi connectivity index (χ0n) is 16.5. The van der Waals surface area contributed by atoms with Crippen molar-refractivity contribution in [3.8, 4) is 5.75 Å². The van der Waals surface area contributed by atoms with E-state index in [-0.39, 0.29) is 22.9 Å². The van der Waals surface area contributed by atoms with E-state index < -0.39 is 18.4 Å². The molecular weight excluding hydrogens is 361 g/mol. The Labute approximate surface area is 165 Å². The number of benzene rings is 1. The van der Waals surface area contributed by atoms with E-state index in [0.29, 0.717) is 5.75 Å². The Hall–Kier alpha value is -2.11. The van der Waals surface area contributed by atoms with Crippen LogP contribution in [-0.2, 0) is 9.53 Å². The molecule has 0 spiro atoms. The van der Waals surface area contributed by atoms with Gasteiger partial charge in [-0.2, -0.15) is 0 Å². The summed E-state index contributed by atoms with van der Waals surface area (Å²) in [5.74, 6) is 0.829. The maximum Gasteiger partial charge on any atom is 0.341 e. The van der Waals surface area contributed by atoms with Gasteiger partial charge in [-0.1, -0.05) is 0 Å². The molecule has 1 N–H and O–H groups in total. The van der Waals surface area contributed by atoms with Crippen molar-refractivity contribution in [2.24, 2.45) is 23.2 Å². The standard InChI is InChI=1S/C22H28FNO4/c1-13(22-9-14-5-15(10-22)7-16(6-14)11-22)24-20(25)12-28-21(26)18-4-3-17(27-2)8-19(18)23/h3-4,8,13-16H,5-7,9-12H2,1-2H3,(H,24,25). The molecule has 1 unspecified atom stereocenters. The average molecular weight is 389 g/mol. The highest BCUT2D eigenvalue weighted by atomic mass is 19.1. The Balaban J connectivity index is 1.32. The van der Waals surface area contributed by atoms with E-state index in [4.69, 9.17) is 9.47 Å². The molecule has 5 rings (SSSR count). The summed E-state index contributed by atoms with van der Waals surface area (Å²) in [4.78, 5) is 24.5. The molecule has 4 bridgehead atoms. The number of methoxy groups -OCH3 is 1. The minimum absolute atomic E-state index is 0.0600. The number of halogens is 1. The van der Waals surface area contributed by atoms with Crippen LogP contribution in [0.2, 0.25) is 0 Å². The monoisotopic (exact) mass is 389 g/mol. The SMILES string of the molecule is COc1ccc(C(=O)OCC(=O)NC(C)C23CC4CC(CC(C4)C2)C3)c(F)c1. The first-order valence-electron chi connectivity index (χ1n) is 10.2. The highest BCUT2D eigenvalue weighted by molar-refractivity contribution is 5.91. The summed E-state index contributed by atoms with van der Waals surface area (Å²) in [6.07, 6.45) is 7.63. The zero-order valence-corrected chi connectivity index (χ0v) is 16.5. The molecule has 0 radical (unpaired) electrons. The van der Waals surface area contributed by atoms with Crippen LogP contribution in [-0.4, -0.2) is 31.6 Å². The molecule has 1 atom stereocenters. The molecule has 0 saturated heterocycles. The third-order valence-electron chi connectivity index (χ3n) is 7.11. The molecule has 6 heteroatoms. The molecule has 1 aromatic carbocycles. The van der Waals surface area contributed by atoms with Crippen LogP contribution in [0, 0.1) is 29.0 Å². The Morgan fingerprint density at radius 3 is 2.32 bits per heavy atom. The average Bonchev–Trinajstić information content (AvgIpc) is 2.64. The summed E-state index contributed by atoms with van der Waals surface area (Å²) in [5.41, 5.74) is -0.0148. The fourth-order valence-corrected chi connectivity index (χ4v) is 6.14. The Bertz CT molecular complexity index is 743. The molecule has 28 heavy (non-hydrogen) atoms. The van der Waals surface area contributed by atoms with Gasteiger partial charge in [0.05, 0.1) is 12.7 Å². The number of rotatable bonds is 6. The van der Waals surface area contributed by atoms with Gasteiger partial charge in [0, 0.05) is 12.1 Å². The lowest BCUT2D eigenvalue weighted by Gasteiger charge is -2.59. The highest BCUT2D eigenvalue weighted by Gasteiger charge is 2.53. The van der Waals surface area contributed by atoms with Gasteiger partial charge in [0.25, 0.3) is 5.91 Å². The number of nitrogens with one attached hydrogen (secondary N) is 1. The lowest BCUT2D eigenvalue weighted by molar-refractivity contribution is -0.128. The van der Waals surface area contributed by atoms with Crippen molar-refractivity contribution in [3.05, 3.63) is 29.6 Å². The van der Waals surface area contributed by atoms with E-state index in [2.05, 4.69) is 12.2 Å². The van der Waals surface area contributed by atoms with Gasteiger partial charge >= 0.3 is 5.97 Å². The summed E-state index contributed by atoms with van der Waals surface area (Å²) in [6.45, 7) is 1.68. The number of esters is 1. The molecule has 1 amide bonds. The molecular formula is C22H28FNO4. The number of hydrogen-bond acceptors (Lipinski definition) is 4. The van der Waals surface area contributed by atoms with E-state index in [1.54, 1.807) is 0 Å². The number of carbonyl (C=O) groups is 2. The quantitative estimate of drug-likeness (QED) is 0.754. The Morgan fingerprint density at radius 1 is 1.18 bits per heavy atom. The summed E-state index contributed by atoms with van der Waals surface area (Å²) < 4.78 is 23.9. The van der Waals surface area contributed by atoms with Gasteiger partial charge < -0.3 is 14.8 Å². The maximum absolute atomic E-state index is 14.0. The van der Waals surface area contributed by atoms with Gasteiger partial charge in [0.1, 0.15) is 11.6 Å². The number of carbonyl (C=O) groups excluding carboxylic acids is 2. The zero-order chi connectivity index (χ0) is 19.9. The summed E-state index contributed by atoms with van der Waals surface area (Å²) in [7, 11) is 1.42. The van der Waals surface area contributed by atoms with Crippen molar-refractivity contribution in [1.82, 2.24) is 5.32 Å². The van der Waals surface area contributed by atoms with E-state index in [1.165, 1.54) is 57.8 Å². The lowest BCUT2D eigenvalue weighted by atomic mass is 9.48. The number of hydrogen-bond donors (Lipinski definition) is 1. The van der Waals surface area contributed by atoms with Crippen LogP contribution in [0.1, 0.15) is 55.8 Å². The van der Waals surface area contributed by atoms with E-state index in [9.17, 15) is 14.0 Å². The van der Waals surface area contributed by atoms with Crippen molar-refractivity contribution in [2.45, 2.75) is 51.5 Å². The summed E-state index contributed by atoms with van der Waals surface area (Å²) in [6, 6.07) is 3.96. The van der Waals surface area contributed by atoms with Crippen LogP contribution in [0.25, 0.3) is 0 Å². The van der Waals surface area contributed by atoms with Crippen LogP contribution in [0.5, 0.6) is 5.75 Å². The molecule has 0 aromatic heterocycles. The largest absolute Gasteiger partial charge is 0.497 e. The van der Waals surface area contributed by atoms with Crippen molar-refractivity contribution in [3.63, 3.8) is 0 Å². The minimum atomic E-state index is -0.849. The van der Waals surface area contributed by atoms with Gasteiger partial charge in [-0.05, 0) is 80.8 Å². The molecule has 4 saturated carbocycles. The lowest BCUT2D eigenvalue weighted by Crippen LogP contribution is -2.56. The van der Waals surface area contributed by atoms with E-state index in [1.807, 2.05) is 0 Å². The first-order valence-corrected chi connectivity index (χ1v) is 10.2. The van der Waals surface area contributed by atoms with Crippen molar-refractivity contribution in [2.75, 3.05) is 13.7 Å². The third kappa shape index (κ3) is 3.61. The summed E-state index contributed by atoms with van der Waals surface area (Å²) in [5, 5.41) is 3.05. The predicted molar refractivity (Wildman–Crippen MR) is 101 cm³/mol. The minimum Gasteiger partial charge on any atom is -0.497 e. The Morgan fingerprint density at radius 2 is 1.79 bits per heavy atom. The fraction of sp³-hybridized carbons (Fsp3) is 0.636. The van der Waals surface area contributed by atoms with Gasteiger partial charge in [-0.3, -0.25) is 4.79 Å². The molecule has 152 valence electrons. The van der Waals surface area contributed by atoms with Gasteiger partial charge in [0.2, 0.25) is 0 Å². The number of ether oxygens (including phenoxy) is 2. The molecule has 4 fully saturated rings. The second-order valence-corrected chi connectivity index (χ2v) is 8.99. The second-order valence-electron chi connectivity index (χ2n) is 8.99. The van der Waals surface area contributed by atoms with E-state index in [0.717, 1.165) is 23.8 Å². The van der Waals surface area contributed by atoms with Crippen LogP contribution >= 0.6 is 0 Å². The molecule has 0 heterocycles. The molecule has 0 aliphatic heterocycles. The molecule has 5 nitrogen and oxygen atoms in total. The van der Waals surface area contributed by atoms with Crippen LogP contribution in [0.3, 0.4) is 0 Å². The molecule has 4 aliphatic carbocycles. The normalized spacial score (nSPS) is 31.3. The Kier molecular flexibility index (Phi) is 5.06. The van der Waals surface area contributed by atoms with Gasteiger partial charge in [0.15, 0.2) is 6.61 Å². The van der Waals surface area contributed by atoms with Gasteiger partial charge in [-0.15, -0.1) is 0 Å². The first kappa shape index (κ1) is 19.2. The molecule has 4 aliphatic rings. The van der Waals surface area contributed by atoms with E-state index >= 15 is 0 Å². The van der Waals surface area contributed by atoms with Crippen LogP contribution in [0.4, 0.5) is 4.39 Å². The maximum atomic E-state index is 14.0. The topological polar surface area (TPSA) is 64.6 Å². The smallest absolute Gasteiger partial charge is 0.341 e. The van der Waals surface area contributed by atoms with Crippen LogP contribution < -0.4 is 10.1 Å². The molecule has 1 aromatic rings. The van der Waals surface area contributed by atoms with Gasteiger partial charge in [-0.25, -0.2) is 9.18 Å². The summed E-state index contributed by atoms with van der Waals surface area (Å²) >= 11 is 0. The van der Waals surface area contributed by atoms with Crippen molar-refractivity contribution in [1.29, 1.82) is 0 Å². The fourth-order valence-electron chi connectivity index (χ4n) is 6.14. The third-order valence-corrected chi connectivity index (χ3v) is 7.11. The second kappa shape index (κ2) is 7.37. The number of amides is 1. The highest BCUT2D eigenvalue weighted by Crippen LogP contribution is 2.61.